The summed E-state index contributed by atoms with van der Waals surface area (Å²) in [6.45, 7) is 3.78. The van der Waals surface area contributed by atoms with Crippen molar-refractivity contribution in [1.82, 2.24) is 14.5 Å². The summed E-state index contributed by atoms with van der Waals surface area (Å²) in [5.74, 6) is -1.19. The zero-order valence-corrected chi connectivity index (χ0v) is 21.6. The fourth-order valence-corrected chi connectivity index (χ4v) is 6.54. The van der Waals surface area contributed by atoms with Crippen molar-refractivity contribution < 1.29 is 22.8 Å². The minimum atomic E-state index is -4.00. The van der Waals surface area contributed by atoms with Gasteiger partial charge in [0.05, 0.1) is 5.56 Å². The third kappa shape index (κ3) is 5.31. The van der Waals surface area contributed by atoms with Gasteiger partial charge in [-0.15, -0.1) is 0 Å². The van der Waals surface area contributed by atoms with Gasteiger partial charge in [-0.2, -0.15) is 0 Å². The molecule has 0 bridgehead atoms. The van der Waals surface area contributed by atoms with Crippen LogP contribution in [0.3, 0.4) is 0 Å². The fraction of sp³-hybridized carbons (Fsp3) is 0.444. The quantitative estimate of drug-likeness (QED) is 0.556. The second kappa shape index (κ2) is 10.8. The molecule has 1 aliphatic heterocycles. The maximum Gasteiger partial charge on any atom is 0.269 e. The molecule has 0 unspecified atom stereocenters. The summed E-state index contributed by atoms with van der Waals surface area (Å²) >= 11 is 0. The van der Waals surface area contributed by atoms with E-state index in [0.29, 0.717) is 6.42 Å². The molecule has 0 radical (unpaired) electrons. The topological polar surface area (TPSA) is 104 Å². The van der Waals surface area contributed by atoms with E-state index in [9.17, 15) is 22.8 Å². The third-order valence-corrected chi connectivity index (χ3v) is 8.84. The van der Waals surface area contributed by atoms with E-state index in [2.05, 4.69) is 5.32 Å². The van der Waals surface area contributed by atoms with E-state index in [-0.39, 0.29) is 47.8 Å². The van der Waals surface area contributed by atoms with Crippen molar-refractivity contribution in [2.24, 2.45) is 0 Å². The van der Waals surface area contributed by atoms with Gasteiger partial charge in [-0.1, -0.05) is 61.7 Å². The highest BCUT2D eigenvalue weighted by atomic mass is 32.2. The molecule has 1 heterocycles. The number of hydrogen-bond acceptors (Lipinski definition) is 5. The Bertz CT molecular complexity index is 1240. The lowest BCUT2D eigenvalue weighted by Crippen LogP contribution is -2.51. The number of hydrogen-bond donors (Lipinski definition) is 1. The van der Waals surface area contributed by atoms with Crippen molar-refractivity contribution in [1.29, 1.82) is 0 Å². The number of nitrogens with one attached hydrogen (secondary N) is 1. The standard InChI is InChI=1S/C27H33N3O5S/c1-3-23(26(32)28-21-8-4-5-9-21)29(18-20-14-12-19(2)13-15-20)25(31)16-17-30-27(33)22-10-6-7-11-24(22)36(30,34)35/h6-7,10-15,21,23H,3-5,8-9,16-18H2,1-2H3,(H,28,32)/t23-/m0/s1. The first kappa shape index (κ1) is 25.9. The Morgan fingerprint density at radius 1 is 1.08 bits per heavy atom. The van der Waals surface area contributed by atoms with Crippen molar-refractivity contribution >= 4 is 27.7 Å². The lowest BCUT2D eigenvalue weighted by molar-refractivity contribution is -0.141. The van der Waals surface area contributed by atoms with Crippen molar-refractivity contribution in [3.63, 3.8) is 0 Å². The molecule has 1 fully saturated rings. The monoisotopic (exact) mass is 511 g/mol. The molecule has 36 heavy (non-hydrogen) atoms. The van der Waals surface area contributed by atoms with E-state index in [1.54, 1.807) is 12.1 Å². The molecule has 1 aliphatic carbocycles. The van der Waals surface area contributed by atoms with Crippen LogP contribution < -0.4 is 5.32 Å². The molecule has 0 saturated heterocycles. The lowest BCUT2D eigenvalue weighted by Gasteiger charge is -2.32. The smallest absolute Gasteiger partial charge is 0.269 e. The summed E-state index contributed by atoms with van der Waals surface area (Å²) in [5.41, 5.74) is 2.07. The average Bonchev–Trinajstić information content (AvgIpc) is 3.43. The molecule has 8 nitrogen and oxygen atoms in total. The van der Waals surface area contributed by atoms with Gasteiger partial charge < -0.3 is 10.2 Å². The van der Waals surface area contributed by atoms with E-state index in [0.717, 1.165) is 41.1 Å². The van der Waals surface area contributed by atoms with Crippen LogP contribution in [0, 0.1) is 6.92 Å². The molecule has 4 rings (SSSR count). The number of sulfonamides is 1. The van der Waals surface area contributed by atoms with Crippen LogP contribution in [0.25, 0.3) is 0 Å². The number of carbonyl (C=O) groups is 3. The van der Waals surface area contributed by atoms with Gasteiger partial charge in [0.1, 0.15) is 10.9 Å². The predicted molar refractivity (Wildman–Crippen MR) is 135 cm³/mol. The third-order valence-electron chi connectivity index (χ3n) is 7.00. The maximum absolute atomic E-state index is 13.5. The maximum atomic E-state index is 13.5. The molecule has 2 aromatic rings. The van der Waals surface area contributed by atoms with E-state index in [4.69, 9.17) is 0 Å². The number of carbonyl (C=O) groups excluding carboxylic acids is 3. The molecule has 9 heteroatoms. The Morgan fingerprint density at radius 3 is 2.39 bits per heavy atom. The van der Waals surface area contributed by atoms with Crippen LogP contribution >= 0.6 is 0 Å². The number of benzene rings is 2. The Morgan fingerprint density at radius 2 is 1.75 bits per heavy atom. The first-order valence-corrected chi connectivity index (χ1v) is 14.0. The molecule has 192 valence electrons. The Labute approximate surface area is 212 Å². The summed E-state index contributed by atoms with van der Waals surface area (Å²) in [6.07, 6.45) is 4.23. The van der Waals surface area contributed by atoms with Crippen LogP contribution in [0.4, 0.5) is 0 Å². The zero-order chi connectivity index (χ0) is 25.9. The normalized spacial score (nSPS) is 17.6. The lowest BCUT2D eigenvalue weighted by atomic mass is 10.1. The SMILES string of the molecule is CC[C@@H](C(=O)NC1CCCC1)N(Cc1ccc(C)cc1)C(=O)CCN1C(=O)c2ccccc2S1(=O)=O. The first-order chi connectivity index (χ1) is 17.2. The molecular weight excluding hydrogens is 478 g/mol. The van der Waals surface area contributed by atoms with Gasteiger partial charge in [-0.05, 0) is 43.9 Å². The van der Waals surface area contributed by atoms with Gasteiger partial charge in [0.15, 0.2) is 0 Å². The molecule has 0 spiro atoms. The number of fused-ring (bicyclic) bond motifs is 1. The summed E-state index contributed by atoms with van der Waals surface area (Å²) < 4.78 is 26.6. The highest BCUT2D eigenvalue weighted by Crippen LogP contribution is 2.30. The van der Waals surface area contributed by atoms with Crippen molar-refractivity contribution in [2.45, 2.75) is 75.9 Å². The fourth-order valence-electron chi connectivity index (χ4n) is 4.97. The van der Waals surface area contributed by atoms with Gasteiger partial charge >= 0.3 is 0 Å². The highest BCUT2D eigenvalue weighted by molar-refractivity contribution is 7.90. The first-order valence-electron chi connectivity index (χ1n) is 12.5. The van der Waals surface area contributed by atoms with Crippen LogP contribution in [0.15, 0.2) is 53.4 Å². The van der Waals surface area contributed by atoms with Gasteiger partial charge in [0.25, 0.3) is 15.9 Å². The van der Waals surface area contributed by atoms with Crippen LogP contribution in [0.2, 0.25) is 0 Å². The summed E-state index contributed by atoms with van der Waals surface area (Å²) in [6, 6.07) is 13.2. The van der Waals surface area contributed by atoms with Gasteiger partial charge in [0, 0.05) is 25.6 Å². The van der Waals surface area contributed by atoms with Crippen LogP contribution in [0.5, 0.6) is 0 Å². The van der Waals surface area contributed by atoms with Gasteiger partial charge in [-0.3, -0.25) is 14.4 Å². The molecular formula is C27H33N3O5S. The van der Waals surface area contributed by atoms with E-state index >= 15 is 0 Å². The summed E-state index contributed by atoms with van der Waals surface area (Å²) in [4.78, 5) is 41.0. The Hall–Kier alpha value is -3.20. The van der Waals surface area contributed by atoms with E-state index < -0.39 is 22.0 Å². The van der Waals surface area contributed by atoms with E-state index in [1.807, 2.05) is 38.1 Å². The van der Waals surface area contributed by atoms with E-state index in [1.165, 1.54) is 17.0 Å². The minimum Gasteiger partial charge on any atom is -0.352 e. The molecule has 1 saturated carbocycles. The number of amides is 3. The van der Waals surface area contributed by atoms with Gasteiger partial charge in [-0.25, -0.2) is 12.7 Å². The highest BCUT2D eigenvalue weighted by Gasteiger charge is 2.41. The van der Waals surface area contributed by atoms with Crippen LogP contribution in [0.1, 0.15) is 66.9 Å². The van der Waals surface area contributed by atoms with Crippen molar-refractivity contribution in [2.75, 3.05) is 6.54 Å². The number of aryl methyl sites for hydroxylation is 1. The largest absolute Gasteiger partial charge is 0.352 e. The summed E-state index contributed by atoms with van der Waals surface area (Å²) in [5, 5.41) is 3.10. The second-order valence-electron chi connectivity index (χ2n) is 9.55. The predicted octanol–water partition coefficient (Wildman–Crippen LogP) is 3.40. The van der Waals surface area contributed by atoms with Crippen LogP contribution in [-0.2, 0) is 26.2 Å². The molecule has 1 atom stereocenters. The molecule has 2 aliphatic rings. The Kier molecular flexibility index (Phi) is 7.78. The molecule has 1 N–H and O–H groups in total. The molecule has 2 aromatic carbocycles. The van der Waals surface area contributed by atoms with Crippen LogP contribution in [-0.4, -0.2) is 54.0 Å². The number of nitrogens with zero attached hydrogens (tertiary/aromatic N) is 2. The van der Waals surface area contributed by atoms with Gasteiger partial charge in [0.2, 0.25) is 11.8 Å². The number of rotatable bonds is 9. The minimum absolute atomic E-state index is 0.0404. The van der Waals surface area contributed by atoms with Crippen molar-refractivity contribution in [3.05, 3.63) is 65.2 Å². The zero-order valence-electron chi connectivity index (χ0n) is 20.8. The summed E-state index contributed by atoms with van der Waals surface area (Å²) in [7, 11) is -4.00. The molecule has 3 amide bonds. The second-order valence-corrected chi connectivity index (χ2v) is 11.4. The molecule has 0 aromatic heterocycles. The van der Waals surface area contributed by atoms with Crippen molar-refractivity contribution in [3.8, 4) is 0 Å². The average molecular weight is 512 g/mol. The Balaban J connectivity index is 1.53.